The maximum atomic E-state index is 5.26. The first kappa shape index (κ1) is 16.1. The molecule has 0 aromatic carbocycles. The Hall–Kier alpha value is 1.13. The molecule has 0 aliphatic heterocycles. The van der Waals surface area contributed by atoms with E-state index in [1.54, 1.807) is 0 Å². The van der Waals surface area contributed by atoms with Gasteiger partial charge in [0.25, 0.3) is 0 Å². The third-order valence-electron chi connectivity index (χ3n) is 3.80. The zero-order valence-corrected chi connectivity index (χ0v) is 12.3. The Labute approximate surface area is 110 Å². The van der Waals surface area contributed by atoms with E-state index < -0.39 is 0 Å². The normalized spacial score (nSPS) is 8.53. The minimum atomic E-state index is 0.583. The fourth-order valence-electron chi connectivity index (χ4n) is 2.67. The van der Waals surface area contributed by atoms with Crippen LogP contribution in [-0.4, -0.2) is 98.5 Å². The van der Waals surface area contributed by atoms with Crippen molar-refractivity contribution < 1.29 is 0 Å². The quantitative estimate of drug-likeness (QED) is 0.381. The summed E-state index contributed by atoms with van der Waals surface area (Å²) in [6.07, 6.45) is 4.15. The average molecular weight is 198 g/mol. The summed E-state index contributed by atoms with van der Waals surface area (Å²) >= 11 is 5.26. The van der Waals surface area contributed by atoms with E-state index in [9.17, 15) is 0 Å². The third-order valence-corrected chi connectivity index (χ3v) is 4.11. The van der Waals surface area contributed by atoms with Gasteiger partial charge in [-0.2, -0.15) is 0 Å². The van der Waals surface area contributed by atoms with Crippen LogP contribution in [0.1, 0.15) is 0 Å². The van der Waals surface area contributed by atoms with Crippen LogP contribution in [0.4, 0.5) is 0 Å². The molecule has 0 aliphatic carbocycles. The van der Waals surface area contributed by atoms with Gasteiger partial charge in [-0.1, -0.05) is 0 Å². The molecule has 15 heavy (non-hydrogen) atoms. The molecule has 62 valence electrons. The molecule has 0 radical (unpaired) electrons. The van der Waals surface area contributed by atoms with E-state index in [4.69, 9.17) is 12.1 Å². The third kappa shape index (κ3) is 4.87. The second kappa shape index (κ2) is 7.45. The Balaban J connectivity index is 4.81. The van der Waals surface area contributed by atoms with Gasteiger partial charge < -0.3 is 0 Å². The molecule has 0 nitrogen and oxygen atoms in total. The Bertz CT molecular complexity index is 174. The van der Waals surface area contributed by atoms with Crippen LogP contribution >= 0.6 is 12.1 Å². The summed E-state index contributed by atoms with van der Waals surface area (Å²) in [5.41, 5.74) is 0. The number of rotatable bonds is 6. The SMILES string of the molecule is BB(B)B(B)B(B=S)B(B(B)B)B(B)B. The van der Waals surface area contributed by atoms with Crippen LogP contribution in [-0.2, 0) is 0 Å². The first-order chi connectivity index (χ1) is 6.82. The van der Waals surface area contributed by atoms with E-state index >= 15 is 0 Å². The van der Waals surface area contributed by atoms with Crippen molar-refractivity contribution in [2.24, 2.45) is 0 Å². The van der Waals surface area contributed by atoms with E-state index in [1.807, 2.05) is 6.05 Å². The van der Waals surface area contributed by atoms with Gasteiger partial charge >= 0.3 is 111 Å². The van der Waals surface area contributed by atoms with Crippen LogP contribution in [0.3, 0.4) is 0 Å². The van der Waals surface area contributed by atoms with Crippen LogP contribution in [0.5, 0.6) is 0 Å². The van der Waals surface area contributed by atoms with E-state index in [0.29, 0.717) is 19.2 Å². The zero-order valence-electron chi connectivity index (χ0n) is 11.4. The van der Waals surface area contributed by atoms with Crippen molar-refractivity contribution >= 4 is 111 Å². The van der Waals surface area contributed by atoms with E-state index in [-0.39, 0.29) is 0 Å². The fourth-order valence-corrected chi connectivity index (χ4v) is 3.10. The van der Waals surface area contributed by atoms with Gasteiger partial charge in [0.2, 0.25) is 0 Å². The topological polar surface area (TPSA) is 0 Å². The molecule has 0 saturated heterocycles. The first-order valence-corrected chi connectivity index (χ1v) is 6.75. The summed E-state index contributed by atoms with van der Waals surface area (Å²) in [4.78, 5) is 0. The summed E-state index contributed by atoms with van der Waals surface area (Å²) in [7, 11) is 16.2. The van der Waals surface area contributed by atoms with Crippen molar-refractivity contribution in [2.45, 2.75) is 0 Å². The average Bonchev–Trinajstić information content (AvgIpc) is 2.10. The monoisotopic (exact) mass is 200 g/mol. The summed E-state index contributed by atoms with van der Waals surface area (Å²) < 4.78 is 0. The predicted octanol–water partition coefficient (Wildman–Crippen LogP) is -8.43. The van der Waals surface area contributed by atoms with Crippen molar-refractivity contribution in [1.82, 2.24) is 0 Å². The first-order valence-electron chi connectivity index (χ1n) is 6.28. The Morgan fingerprint density at radius 3 is 1.33 bits per heavy atom. The van der Waals surface area contributed by atoms with Crippen molar-refractivity contribution in [1.29, 1.82) is 0 Å². The van der Waals surface area contributed by atoms with Crippen LogP contribution in [0.25, 0.3) is 0 Å². The van der Waals surface area contributed by atoms with Crippen molar-refractivity contribution in [3.63, 3.8) is 0 Å². The Morgan fingerprint density at radius 2 is 1.13 bits per heavy atom. The standard InChI is InChI=1S/B14H14S/c1-9(2)12(7)13(8-15)14(10(3)4)11(5)6/h1-7H2. The molecular formula is H14B14S. The van der Waals surface area contributed by atoms with Crippen LogP contribution < -0.4 is 0 Å². The maximum absolute atomic E-state index is 5.26. The van der Waals surface area contributed by atoms with Gasteiger partial charge in [0, 0.05) is 0 Å². The summed E-state index contributed by atoms with van der Waals surface area (Å²) in [5.74, 6) is 0. The molecule has 0 unspecified atom stereocenters. The van der Waals surface area contributed by atoms with E-state index in [2.05, 4.69) is 54.2 Å². The summed E-state index contributed by atoms with van der Waals surface area (Å²) in [5, 5.41) is 0. The molecule has 0 atom stereocenters. The van der Waals surface area contributed by atoms with Gasteiger partial charge in [-0.05, 0) is 0 Å². The second-order valence-corrected chi connectivity index (χ2v) is 6.15. The molecule has 0 fully saturated rings. The molecule has 0 amide bonds. The minimum absolute atomic E-state index is 0.583. The molecule has 0 saturated carbocycles. The Morgan fingerprint density at radius 1 is 0.733 bits per heavy atom. The summed E-state index contributed by atoms with van der Waals surface area (Å²) in [6.45, 7) is 0. The van der Waals surface area contributed by atoms with Crippen LogP contribution in [0, 0.1) is 0 Å². The van der Waals surface area contributed by atoms with Gasteiger partial charge in [0.15, 0.2) is 0 Å². The summed E-state index contributed by atoms with van der Waals surface area (Å²) in [6, 6.07) is 2.02. The van der Waals surface area contributed by atoms with Crippen LogP contribution in [0.2, 0.25) is 0 Å². The number of hydrogen-bond acceptors (Lipinski definition) is 1. The molecule has 0 rings (SSSR count). The second-order valence-electron chi connectivity index (χ2n) is 5.88. The van der Waals surface area contributed by atoms with Crippen molar-refractivity contribution in [3.05, 3.63) is 0 Å². The molecule has 0 spiro atoms. The molecular weight excluding hydrogens is 183 g/mol. The molecule has 15 heteroatoms. The van der Waals surface area contributed by atoms with Crippen molar-refractivity contribution in [2.75, 3.05) is 0 Å². The van der Waals surface area contributed by atoms with E-state index in [0.717, 1.165) is 19.2 Å². The van der Waals surface area contributed by atoms with Gasteiger partial charge in [-0.15, -0.1) is 0 Å². The predicted molar refractivity (Wildman–Crippen MR) is 108 cm³/mol. The molecule has 0 aromatic rings. The van der Waals surface area contributed by atoms with Gasteiger partial charge in [0.05, 0.1) is 0 Å². The molecule has 0 N–H and O–H groups in total. The zero-order chi connectivity index (χ0) is 12.2. The van der Waals surface area contributed by atoms with Crippen molar-refractivity contribution in [3.8, 4) is 0 Å². The van der Waals surface area contributed by atoms with Gasteiger partial charge in [-0.3, -0.25) is 0 Å². The molecule has 0 aromatic heterocycles. The molecule has 0 bridgehead atoms. The Kier molecular flexibility index (Phi) is 8.02. The van der Waals surface area contributed by atoms with E-state index in [1.165, 1.54) is 0 Å². The molecule has 0 aliphatic rings. The fraction of sp³-hybridized carbons (Fsp3) is 0. The van der Waals surface area contributed by atoms with Gasteiger partial charge in [0.1, 0.15) is 0 Å². The number of hydrogen-bond donors (Lipinski definition) is 0. The van der Waals surface area contributed by atoms with Crippen LogP contribution in [0.15, 0.2) is 0 Å². The molecule has 0 heterocycles. The van der Waals surface area contributed by atoms with Gasteiger partial charge in [-0.25, -0.2) is 0 Å².